The molecule has 0 bridgehead atoms. The summed E-state index contributed by atoms with van der Waals surface area (Å²) in [4.78, 5) is 0. The number of benzene rings is 1. The first-order valence-corrected chi connectivity index (χ1v) is 4.72. The van der Waals surface area contributed by atoms with Gasteiger partial charge >= 0.3 is 0 Å². The molecule has 1 rings (SSSR count). The van der Waals surface area contributed by atoms with E-state index in [0.717, 1.165) is 6.07 Å². The molecule has 0 aliphatic heterocycles. The maximum atomic E-state index is 13.3. The second-order valence-electron chi connectivity index (χ2n) is 4.24. The summed E-state index contributed by atoms with van der Waals surface area (Å²) in [5.41, 5.74) is 4.72. The molecule has 0 aliphatic rings. The van der Waals surface area contributed by atoms with Crippen LogP contribution in [0.4, 0.5) is 8.78 Å². The van der Waals surface area contributed by atoms with E-state index in [1.165, 1.54) is 12.1 Å². The van der Waals surface area contributed by atoms with Gasteiger partial charge in [-0.1, -0.05) is 26.0 Å². The molecule has 0 aromatic heterocycles. The topological polar surface area (TPSA) is 46.2 Å². The number of halogens is 2. The summed E-state index contributed by atoms with van der Waals surface area (Å²) in [5.74, 6) is -1.97. The minimum absolute atomic E-state index is 0.0505. The molecule has 1 atom stereocenters. The van der Waals surface area contributed by atoms with Gasteiger partial charge in [-0.3, -0.25) is 0 Å². The van der Waals surface area contributed by atoms with Crippen molar-refractivity contribution >= 4 is 0 Å². The van der Waals surface area contributed by atoms with E-state index < -0.39 is 23.2 Å². The zero-order chi connectivity index (χ0) is 11.6. The van der Waals surface area contributed by atoms with E-state index in [2.05, 4.69) is 0 Å². The van der Waals surface area contributed by atoms with Gasteiger partial charge in [-0.15, -0.1) is 0 Å². The maximum absolute atomic E-state index is 13.3. The first kappa shape index (κ1) is 12.1. The maximum Gasteiger partial charge on any atom is 0.164 e. The second-order valence-corrected chi connectivity index (χ2v) is 4.24. The average Bonchev–Trinajstić information content (AvgIpc) is 2.21. The standard InChI is InChI=1S/C11H15F2NO/c1-11(2,6-14)10(15)7-4-3-5-8(12)9(7)13/h3-5,10,15H,6,14H2,1-2H3. The van der Waals surface area contributed by atoms with E-state index in [4.69, 9.17) is 5.73 Å². The van der Waals surface area contributed by atoms with Gasteiger partial charge in [-0.25, -0.2) is 8.78 Å². The van der Waals surface area contributed by atoms with Crippen molar-refractivity contribution in [2.75, 3.05) is 6.54 Å². The van der Waals surface area contributed by atoms with Crippen LogP contribution in [0.3, 0.4) is 0 Å². The minimum Gasteiger partial charge on any atom is -0.388 e. The predicted octanol–water partition coefficient (Wildman–Crippen LogP) is 1.98. The van der Waals surface area contributed by atoms with Gasteiger partial charge in [-0.2, -0.15) is 0 Å². The molecule has 0 heterocycles. The van der Waals surface area contributed by atoms with Gasteiger partial charge in [0.2, 0.25) is 0 Å². The lowest BCUT2D eigenvalue weighted by atomic mass is 9.82. The number of nitrogens with two attached hydrogens (primary N) is 1. The zero-order valence-corrected chi connectivity index (χ0v) is 8.80. The third-order valence-corrected chi connectivity index (χ3v) is 2.54. The van der Waals surface area contributed by atoms with Crippen LogP contribution in [0.25, 0.3) is 0 Å². The van der Waals surface area contributed by atoms with Gasteiger partial charge in [0, 0.05) is 17.5 Å². The fourth-order valence-corrected chi connectivity index (χ4v) is 1.26. The van der Waals surface area contributed by atoms with Gasteiger partial charge in [0.25, 0.3) is 0 Å². The van der Waals surface area contributed by atoms with Gasteiger partial charge in [0.15, 0.2) is 11.6 Å². The molecular formula is C11H15F2NO. The molecule has 4 heteroatoms. The van der Waals surface area contributed by atoms with E-state index >= 15 is 0 Å². The fourth-order valence-electron chi connectivity index (χ4n) is 1.26. The van der Waals surface area contributed by atoms with Crippen LogP contribution < -0.4 is 5.73 Å². The molecule has 0 amide bonds. The van der Waals surface area contributed by atoms with Crippen molar-refractivity contribution in [2.24, 2.45) is 11.1 Å². The van der Waals surface area contributed by atoms with E-state index in [0.29, 0.717) is 0 Å². The Hall–Kier alpha value is -1.00. The Morgan fingerprint density at radius 2 is 2.00 bits per heavy atom. The molecule has 3 N–H and O–H groups in total. The van der Waals surface area contributed by atoms with Gasteiger partial charge in [-0.05, 0) is 6.07 Å². The zero-order valence-electron chi connectivity index (χ0n) is 8.80. The van der Waals surface area contributed by atoms with Gasteiger partial charge in [0.05, 0.1) is 6.10 Å². The molecule has 2 nitrogen and oxygen atoms in total. The van der Waals surface area contributed by atoms with E-state index in [-0.39, 0.29) is 12.1 Å². The van der Waals surface area contributed by atoms with Crippen molar-refractivity contribution in [3.05, 3.63) is 35.4 Å². The summed E-state index contributed by atoms with van der Waals surface area (Å²) in [7, 11) is 0. The molecule has 0 saturated heterocycles. The summed E-state index contributed by atoms with van der Waals surface area (Å²) in [6.07, 6.45) is -1.11. The predicted molar refractivity (Wildman–Crippen MR) is 54.2 cm³/mol. The third-order valence-electron chi connectivity index (χ3n) is 2.54. The molecule has 0 aliphatic carbocycles. The molecule has 0 spiro atoms. The van der Waals surface area contributed by atoms with Crippen LogP contribution in [0, 0.1) is 17.0 Å². The van der Waals surface area contributed by atoms with Crippen molar-refractivity contribution in [2.45, 2.75) is 20.0 Å². The van der Waals surface area contributed by atoms with Gasteiger partial charge < -0.3 is 10.8 Å². The van der Waals surface area contributed by atoms with Crippen LogP contribution in [0.15, 0.2) is 18.2 Å². The number of rotatable bonds is 3. The quantitative estimate of drug-likeness (QED) is 0.809. The minimum atomic E-state index is -1.11. The molecule has 0 radical (unpaired) electrons. The highest BCUT2D eigenvalue weighted by atomic mass is 19.2. The molecule has 1 aromatic carbocycles. The van der Waals surface area contributed by atoms with E-state index in [1.807, 2.05) is 0 Å². The largest absolute Gasteiger partial charge is 0.388 e. The number of aliphatic hydroxyl groups excluding tert-OH is 1. The Morgan fingerprint density at radius 3 is 2.53 bits per heavy atom. The smallest absolute Gasteiger partial charge is 0.164 e. The Morgan fingerprint density at radius 1 is 1.40 bits per heavy atom. The van der Waals surface area contributed by atoms with Crippen LogP contribution >= 0.6 is 0 Å². The van der Waals surface area contributed by atoms with Crippen LogP contribution in [0.1, 0.15) is 25.5 Å². The third kappa shape index (κ3) is 2.33. The highest BCUT2D eigenvalue weighted by Gasteiger charge is 2.30. The Labute approximate surface area is 87.7 Å². The van der Waals surface area contributed by atoms with Crippen LogP contribution in [0.2, 0.25) is 0 Å². The highest BCUT2D eigenvalue weighted by Crippen LogP contribution is 2.33. The lowest BCUT2D eigenvalue weighted by molar-refractivity contribution is 0.0518. The molecule has 0 saturated carbocycles. The first-order chi connectivity index (χ1) is 6.90. The summed E-state index contributed by atoms with van der Waals surface area (Å²) >= 11 is 0. The summed E-state index contributed by atoms with van der Waals surface area (Å²) < 4.78 is 26.3. The van der Waals surface area contributed by atoms with Crippen molar-refractivity contribution in [1.29, 1.82) is 0 Å². The fraction of sp³-hybridized carbons (Fsp3) is 0.455. The normalized spacial score (nSPS) is 14.0. The van der Waals surface area contributed by atoms with Crippen molar-refractivity contribution in [3.8, 4) is 0 Å². The summed E-state index contributed by atoms with van der Waals surface area (Å²) in [5, 5.41) is 9.87. The van der Waals surface area contributed by atoms with Crippen LogP contribution in [-0.4, -0.2) is 11.7 Å². The second kappa shape index (κ2) is 4.24. The lowest BCUT2D eigenvalue weighted by Gasteiger charge is -2.29. The SMILES string of the molecule is CC(C)(CN)C(O)c1cccc(F)c1F. The molecule has 15 heavy (non-hydrogen) atoms. The summed E-state index contributed by atoms with van der Waals surface area (Å²) in [6.45, 7) is 3.58. The Balaban J connectivity index is 3.12. The Kier molecular flexibility index (Phi) is 3.42. The monoisotopic (exact) mass is 215 g/mol. The van der Waals surface area contributed by atoms with Crippen LogP contribution in [-0.2, 0) is 0 Å². The number of hydrogen-bond acceptors (Lipinski definition) is 2. The average molecular weight is 215 g/mol. The number of hydrogen-bond donors (Lipinski definition) is 2. The highest BCUT2D eigenvalue weighted by molar-refractivity contribution is 5.22. The summed E-state index contributed by atoms with van der Waals surface area (Å²) in [6, 6.07) is 3.74. The van der Waals surface area contributed by atoms with Gasteiger partial charge in [0.1, 0.15) is 0 Å². The van der Waals surface area contributed by atoms with E-state index in [9.17, 15) is 13.9 Å². The number of aliphatic hydroxyl groups is 1. The van der Waals surface area contributed by atoms with E-state index in [1.54, 1.807) is 13.8 Å². The molecule has 1 aromatic rings. The first-order valence-electron chi connectivity index (χ1n) is 4.72. The molecule has 0 fully saturated rings. The van der Waals surface area contributed by atoms with Crippen molar-refractivity contribution in [3.63, 3.8) is 0 Å². The molecule has 84 valence electrons. The van der Waals surface area contributed by atoms with Crippen LogP contribution in [0.5, 0.6) is 0 Å². The molecular weight excluding hydrogens is 200 g/mol. The molecule has 1 unspecified atom stereocenters. The van der Waals surface area contributed by atoms with Crippen molar-refractivity contribution in [1.82, 2.24) is 0 Å². The Bertz CT molecular complexity index is 352. The lowest BCUT2D eigenvalue weighted by Crippen LogP contribution is -2.31. The van der Waals surface area contributed by atoms with Crippen molar-refractivity contribution < 1.29 is 13.9 Å².